The molecule has 0 saturated carbocycles. The molecule has 2 aromatic heterocycles. The van der Waals surface area contributed by atoms with Crippen molar-refractivity contribution in [3.8, 4) is 5.88 Å². The number of rotatable bonds is 11. The second-order valence-electron chi connectivity index (χ2n) is 8.40. The summed E-state index contributed by atoms with van der Waals surface area (Å²) < 4.78 is 5.28. The number of nitrogens with zero attached hydrogens (tertiary/aromatic N) is 3. The fraction of sp³-hybridized carbons (Fsp3) is 0.609. The second-order valence-corrected chi connectivity index (χ2v) is 8.40. The third-order valence-corrected chi connectivity index (χ3v) is 6.26. The van der Waals surface area contributed by atoms with Crippen molar-refractivity contribution in [2.24, 2.45) is 5.73 Å². The maximum Gasteiger partial charge on any atom is 0.240 e. The van der Waals surface area contributed by atoms with Crippen molar-refractivity contribution in [3.63, 3.8) is 0 Å². The van der Waals surface area contributed by atoms with Crippen molar-refractivity contribution in [2.75, 3.05) is 31.7 Å². The number of anilines is 1. The lowest BCUT2D eigenvalue weighted by Gasteiger charge is -2.46. The molecule has 0 aliphatic carbocycles. The standard InChI is InChI=1S/C23H35N5O3/c1-3-4-5-6-7-12-26-23(16-29)11-14-28(19(15-23)22(24)30)18-10-13-25-17-8-9-20(31-2)27-21(17)18/h8-10,13,19,26,29H,3-7,11-12,14-16H2,1-2H3,(H2,24,30). The Morgan fingerprint density at radius 3 is 2.84 bits per heavy atom. The van der Waals surface area contributed by atoms with E-state index in [-0.39, 0.29) is 6.61 Å². The Morgan fingerprint density at radius 1 is 1.32 bits per heavy atom. The molecule has 2 unspecified atom stereocenters. The van der Waals surface area contributed by atoms with E-state index in [4.69, 9.17) is 10.5 Å². The average Bonchev–Trinajstić information content (AvgIpc) is 2.80. The number of hydrogen-bond acceptors (Lipinski definition) is 7. The molecular weight excluding hydrogens is 394 g/mol. The molecule has 1 aliphatic heterocycles. The van der Waals surface area contributed by atoms with Crippen LogP contribution in [-0.4, -0.2) is 59.4 Å². The quantitative estimate of drug-likeness (QED) is 0.470. The number of piperidine rings is 1. The highest BCUT2D eigenvalue weighted by Gasteiger charge is 2.42. The summed E-state index contributed by atoms with van der Waals surface area (Å²) in [5.41, 5.74) is 7.53. The highest BCUT2D eigenvalue weighted by atomic mass is 16.5. The second kappa shape index (κ2) is 10.7. The topological polar surface area (TPSA) is 114 Å². The molecule has 1 saturated heterocycles. The molecule has 31 heavy (non-hydrogen) atoms. The number of primary amides is 1. The zero-order valence-electron chi connectivity index (χ0n) is 18.6. The first-order valence-electron chi connectivity index (χ1n) is 11.2. The molecule has 0 aromatic carbocycles. The normalized spacial score (nSPS) is 21.4. The summed E-state index contributed by atoms with van der Waals surface area (Å²) in [6.07, 6.45) is 8.80. The van der Waals surface area contributed by atoms with E-state index in [0.717, 1.165) is 24.2 Å². The molecule has 4 N–H and O–H groups in total. The molecule has 2 aromatic rings. The Morgan fingerprint density at radius 2 is 2.13 bits per heavy atom. The minimum Gasteiger partial charge on any atom is -0.481 e. The molecule has 0 bridgehead atoms. The van der Waals surface area contributed by atoms with Gasteiger partial charge in [-0.05, 0) is 37.9 Å². The number of hydrogen-bond donors (Lipinski definition) is 3. The Balaban J connectivity index is 1.79. The average molecular weight is 430 g/mol. The molecule has 2 atom stereocenters. The van der Waals surface area contributed by atoms with Gasteiger partial charge in [0.05, 0.1) is 24.9 Å². The molecular formula is C23H35N5O3. The predicted molar refractivity (Wildman–Crippen MR) is 122 cm³/mol. The fourth-order valence-electron chi connectivity index (χ4n) is 4.40. The predicted octanol–water partition coefficient (Wildman–Crippen LogP) is 2.38. The van der Waals surface area contributed by atoms with Crippen molar-refractivity contribution in [1.29, 1.82) is 0 Å². The van der Waals surface area contributed by atoms with Gasteiger partial charge in [0.2, 0.25) is 11.8 Å². The number of carbonyl (C=O) groups is 1. The maximum atomic E-state index is 12.5. The van der Waals surface area contributed by atoms with E-state index >= 15 is 0 Å². The molecule has 3 rings (SSSR count). The lowest BCUT2D eigenvalue weighted by molar-refractivity contribution is -0.120. The van der Waals surface area contributed by atoms with Gasteiger partial charge >= 0.3 is 0 Å². The van der Waals surface area contributed by atoms with Crippen LogP contribution in [0.4, 0.5) is 5.69 Å². The Bertz CT molecular complexity index is 877. The Hall–Kier alpha value is -2.45. The molecule has 0 radical (unpaired) electrons. The van der Waals surface area contributed by atoms with E-state index < -0.39 is 17.5 Å². The number of aliphatic hydroxyl groups is 1. The highest BCUT2D eigenvalue weighted by Crippen LogP contribution is 2.34. The molecule has 1 fully saturated rings. The zero-order chi connectivity index (χ0) is 22.3. The van der Waals surface area contributed by atoms with Crippen LogP contribution in [0.2, 0.25) is 0 Å². The van der Waals surface area contributed by atoms with Crippen molar-refractivity contribution in [2.45, 2.75) is 63.5 Å². The van der Waals surface area contributed by atoms with Gasteiger partial charge in [0, 0.05) is 24.3 Å². The van der Waals surface area contributed by atoms with Gasteiger partial charge in [-0.1, -0.05) is 32.6 Å². The van der Waals surface area contributed by atoms with E-state index in [1.807, 2.05) is 17.0 Å². The van der Waals surface area contributed by atoms with Crippen molar-refractivity contribution in [3.05, 3.63) is 24.4 Å². The van der Waals surface area contributed by atoms with Crippen LogP contribution in [0.25, 0.3) is 11.0 Å². The van der Waals surface area contributed by atoms with Crippen LogP contribution in [0.15, 0.2) is 24.4 Å². The van der Waals surface area contributed by atoms with Crippen LogP contribution in [0, 0.1) is 0 Å². The molecule has 0 spiro atoms. The van der Waals surface area contributed by atoms with Gasteiger partial charge in [-0.2, -0.15) is 0 Å². The van der Waals surface area contributed by atoms with E-state index in [0.29, 0.717) is 30.8 Å². The minimum absolute atomic E-state index is 0.0251. The number of fused-ring (bicyclic) bond motifs is 1. The van der Waals surface area contributed by atoms with Crippen LogP contribution in [0.3, 0.4) is 0 Å². The largest absolute Gasteiger partial charge is 0.481 e. The van der Waals surface area contributed by atoms with E-state index in [1.54, 1.807) is 19.4 Å². The number of pyridine rings is 2. The number of unbranched alkanes of at least 4 members (excludes halogenated alkanes) is 4. The van der Waals surface area contributed by atoms with Gasteiger partial charge < -0.3 is 25.8 Å². The number of nitrogens with one attached hydrogen (secondary N) is 1. The molecule has 1 amide bonds. The number of ether oxygens (including phenoxy) is 1. The molecule has 8 heteroatoms. The number of nitrogens with two attached hydrogens (primary N) is 1. The number of carbonyl (C=O) groups excluding carboxylic acids is 1. The number of aliphatic hydroxyl groups excluding tert-OH is 1. The molecule has 1 aliphatic rings. The van der Waals surface area contributed by atoms with Crippen LogP contribution in [0.1, 0.15) is 51.9 Å². The maximum absolute atomic E-state index is 12.5. The number of methoxy groups -OCH3 is 1. The molecule has 8 nitrogen and oxygen atoms in total. The van der Waals surface area contributed by atoms with Crippen LogP contribution >= 0.6 is 0 Å². The summed E-state index contributed by atoms with van der Waals surface area (Å²) in [4.78, 5) is 23.4. The highest BCUT2D eigenvalue weighted by molar-refractivity contribution is 5.92. The minimum atomic E-state index is -0.549. The number of aromatic nitrogens is 2. The first-order chi connectivity index (χ1) is 15.0. The molecule has 3 heterocycles. The van der Waals surface area contributed by atoms with Crippen LogP contribution < -0.4 is 20.7 Å². The van der Waals surface area contributed by atoms with Gasteiger partial charge in [0.25, 0.3) is 0 Å². The zero-order valence-corrected chi connectivity index (χ0v) is 18.6. The van der Waals surface area contributed by atoms with E-state index in [9.17, 15) is 9.90 Å². The number of amides is 1. The summed E-state index contributed by atoms with van der Waals surface area (Å²) >= 11 is 0. The van der Waals surface area contributed by atoms with Gasteiger partial charge in [-0.25, -0.2) is 4.98 Å². The van der Waals surface area contributed by atoms with Crippen molar-refractivity contribution >= 4 is 22.6 Å². The summed E-state index contributed by atoms with van der Waals surface area (Å²) in [6.45, 7) is 3.58. The van der Waals surface area contributed by atoms with Gasteiger partial charge in [-0.3, -0.25) is 9.78 Å². The Labute approximate surface area is 184 Å². The Kier molecular flexibility index (Phi) is 8.03. The van der Waals surface area contributed by atoms with Gasteiger partial charge in [0.1, 0.15) is 11.6 Å². The summed E-state index contributed by atoms with van der Waals surface area (Å²) in [7, 11) is 1.57. The van der Waals surface area contributed by atoms with E-state index in [2.05, 4.69) is 22.2 Å². The fourth-order valence-corrected chi connectivity index (χ4v) is 4.40. The summed E-state index contributed by atoms with van der Waals surface area (Å²) in [6, 6.07) is 4.93. The smallest absolute Gasteiger partial charge is 0.240 e. The lowest BCUT2D eigenvalue weighted by atomic mass is 9.82. The summed E-state index contributed by atoms with van der Waals surface area (Å²) in [5.74, 6) is 0.0824. The SMILES string of the molecule is CCCCCCCNC1(CO)CCN(c2ccnc3ccc(OC)nc23)C(C(N)=O)C1. The molecule has 170 valence electrons. The van der Waals surface area contributed by atoms with E-state index in [1.165, 1.54) is 25.7 Å². The van der Waals surface area contributed by atoms with Crippen LogP contribution in [0.5, 0.6) is 5.88 Å². The van der Waals surface area contributed by atoms with Crippen molar-refractivity contribution in [1.82, 2.24) is 15.3 Å². The van der Waals surface area contributed by atoms with Crippen LogP contribution in [-0.2, 0) is 4.79 Å². The third-order valence-electron chi connectivity index (χ3n) is 6.26. The van der Waals surface area contributed by atoms with Crippen molar-refractivity contribution < 1.29 is 14.6 Å². The van der Waals surface area contributed by atoms with Gasteiger partial charge in [-0.15, -0.1) is 0 Å². The van der Waals surface area contributed by atoms with Gasteiger partial charge in [0.15, 0.2) is 0 Å². The third kappa shape index (κ3) is 5.43. The summed E-state index contributed by atoms with van der Waals surface area (Å²) in [5, 5.41) is 13.7. The first-order valence-corrected chi connectivity index (χ1v) is 11.2. The monoisotopic (exact) mass is 429 g/mol. The lowest BCUT2D eigenvalue weighted by Crippen LogP contribution is -2.62. The first kappa shape index (κ1) is 23.2.